The Morgan fingerprint density at radius 3 is 2.42 bits per heavy atom. The van der Waals surface area contributed by atoms with E-state index in [0.717, 1.165) is 10.6 Å². The fourth-order valence-corrected chi connectivity index (χ4v) is 3.19. The predicted octanol–water partition coefficient (Wildman–Crippen LogP) is 2.89. The van der Waals surface area contributed by atoms with E-state index >= 15 is 0 Å². The summed E-state index contributed by atoms with van der Waals surface area (Å²) in [4.78, 5) is 27.4. The first-order valence-electron chi connectivity index (χ1n) is 8.50. The number of hydrogen-bond acceptors (Lipinski definition) is 5. The van der Waals surface area contributed by atoms with E-state index < -0.39 is 0 Å². The van der Waals surface area contributed by atoms with Crippen molar-refractivity contribution in [3.8, 4) is 5.75 Å². The summed E-state index contributed by atoms with van der Waals surface area (Å²) in [6.07, 6.45) is 0. The molecule has 0 aliphatic carbocycles. The minimum atomic E-state index is -0.156. The molecule has 2 aromatic rings. The van der Waals surface area contributed by atoms with Gasteiger partial charge in [0, 0.05) is 10.6 Å². The fraction of sp³-hybridized carbons (Fsp3) is 0.368. The second-order valence-corrected chi connectivity index (χ2v) is 6.86. The fourth-order valence-electron chi connectivity index (χ4n) is 2.46. The molecule has 140 valence electrons. The minimum absolute atomic E-state index is 0.0330. The first-order valence-corrected chi connectivity index (χ1v) is 9.38. The highest BCUT2D eigenvalue weighted by Gasteiger charge is 2.16. The highest BCUT2D eigenvalue weighted by Crippen LogP contribution is 2.18. The first-order chi connectivity index (χ1) is 12.5. The molecule has 2 amide bonds. The molecule has 0 saturated heterocycles. The normalized spacial score (nSPS) is 11.8. The molecule has 1 aromatic heterocycles. The Hall–Kier alpha value is -2.38. The molecule has 0 aliphatic heterocycles. The topological polar surface area (TPSA) is 70.7 Å². The Bertz CT molecular complexity index is 701. The number of thiophene rings is 1. The molecular weight excluding hydrogens is 350 g/mol. The van der Waals surface area contributed by atoms with Crippen molar-refractivity contribution in [2.75, 3.05) is 32.1 Å². The van der Waals surface area contributed by atoms with Crippen LogP contribution in [0.15, 0.2) is 41.8 Å². The Kier molecular flexibility index (Phi) is 7.62. The van der Waals surface area contributed by atoms with Gasteiger partial charge in [-0.2, -0.15) is 0 Å². The van der Waals surface area contributed by atoms with Crippen molar-refractivity contribution in [3.05, 3.63) is 46.7 Å². The zero-order valence-corrected chi connectivity index (χ0v) is 16.1. The third kappa shape index (κ3) is 6.16. The van der Waals surface area contributed by atoms with Crippen molar-refractivity contribution in [1.82, 2.24) is 10.2 Å². The third-order valence-electron chi connectivity index (χ3n) is 3.90. The number of nitrogens with zero attached hydrogens (tertiary/aromatic N) is 1. The average molecular weight is 375 g/mol. The van der Waals surface area contributed by atoms with Crippen LogP contribution in [0.1, 0.15) is 24.8 Å². The second-order valence-electron chi connectivity index (χ2n) is 5.88. The number of ether oxygens (including phenoxy) is 1. The molecule has 6 nitrogen and oxygen atoms in total. The van der Waals surface area contributed by atoms with Crippen molar-refractivity contribution >= 4 is 28.8 Å². The van der Waals surface area contributed by atoms with Crippen LogP contribution in [-0.4, -0.2) is 43.5 Å². The summed E-state index contributed by atoms with van der Waals surface area (Å²) in [5, 5.41) is 7.78. The molecule has 0 aliphatic rings. The van der Waals surface area contributed by atoms with Gasteiger partial charge in [0.25, 0.3) is 0 Å². The molecule has 7 heteroatoms. The van der Waals surface area contributed by atoms with Gasteiger partial charge in [-0.1, -0.05) is 13.0 Å². The highest BCUT2D eigenvalue weighted by molar-refractivity contribution is 7.10. The number of hydrogen-bond donors (Lipinski definition) is 2. The van der Waals surface area contributed by atoms with Gasteiger partial charge in [0.05, 0.1) is 26.2 Å². The molecule has 1 heterocycles. The number of likely N-dealkylation sites (N-methyl/N-ethyl adjacent to an activating group) is 1. The van der Waals surface area contributed by atoms with Gasteiger partial charge in [-0.15, -0.1) is 11.3 Å². The smallest absolute Gasteiger partial charge is 0.238 e. The first kappa shape index (κ1) is 19.9. The Morgan fingerprint density at radius 1 is 1.15 bits per heavy atom. The molecule has 2 N–H and O–H groups in total. The maximum Gasteiger partial charge on any atom is 0.238 e. The van der Waals surface area contributed by atoms with Gasteiger partial charge in [-0.05, 0) is 49.2 Å². The summed E-state index contributed by atoms with van der Waals surface area (Å²) in [5.74, 6) is 0.482. The highest BCUT2D eigenvalue weighted by atomic mass is 32.1. The maximum absolute atomic E-state index is 12.2. The van der Waals surface area contributed by atoms with Crippen LogP contribution in [-0.2, 0) is 9.59 Å². The van der Waals surface area contributed by atoms with Crippen LogP contribution < -0.4 is 15.4 Å². The lowest BCUT2D eigenvalue weighted by molar-refractivity contribution is -0.123. The Morgan fingerprint density at radius 2 is 1.85 bits per heavy atom. The monoisotopic (exact) mass is 375 g/mol. The number of anilines is 1. The summed E-state index contributed by atoms with van der Waals surface area (Å²) < 4.78 is 5.09. The van der Waals surface area contributed by atoms with Crippen LogP contribution in [0.4, 0.5) is 5.69 Å². The van der Waals surface area contributed by atoms with Gasteiger partial charge in [0.15, 0.2) is 0 Å². The van der Waals surface area contributed by atoms with Gasteiger partial charge >= 0.3 is 0 Å². The van der Waals surface area contributed by atoms with E-state index in [1.54, 1.807) is 47.6 Å². The van der Waals surface area contributed by atoms with E-state index in [0.29, 0.717) is 12.2 Å². The molecule has 1 aromatic carbocycles. The van der Waals surface area contributed by atoms with Crippen LogP contribution in [0.5, 0.6) is 5.75 Å². The number of carbonyl (C=O) groups excluding carboxylic acids is 2. The summed E-state index contributed by atoms with van der Waals surface area (Å²) >= 11 is 1.61. The summed E-state index contributed by atoms with van der Waals surface area (Å²) in [7, 11) is 1.59. The number of carbonyl (C=O) groups is 2. The zero-order valence-electron chi connectivity index (χ0n) is 15.3. The van der Waals surface area contributed by atoms with Gasteiger partial charge in [0.2, 0.25) is 11.8 Å². The number of methoxy groups -OCH3 is 1. The zero-order chi connectivity index (χ0) is 18.9. The van der Waals surface area contributed by atoms with Crippen LogP contribution in [0.3, 0.4) is 0 Å². The number of nitrogens with one attached hydrogen (secondary N) is 2. The number of amides is 2. The van der Waals surface area contributed by atoms with Crippen LogP contribution in [0.25, 0.3) is 0 Å². The average Bonchev–Trinajstić information content (AvgIpc) is 3.16. The molecule has 0 radical (unpaired) electrons. The van der Waals surface area contributed by atoms with E-state index in [9.17, 15) is 9.59 Å². The SMILES string of the molecule is CCN(CC(=O)Nc1ccc(OC)cc1)CC(=O)N[C@@H](C)c1cccs1. The van der Waals surface area contributed by atoms with Crippen LogP contribution >= 0.6 is 11.3 Å². The minimum Gasteiger partial charge on any atom is -0.497 e. The van der Waals surface area contributed by atoms with Crippen molar-refractivity contribution in [3.63, 3.8) is 0 Å². The van der Waals surface area contributed by atoms with E-state index in [1.165, 1.54) is 0 Å². The largest absolute Gasteiger partial charge is 0.497 e. The summed E-state index contributed by atoms with van der Waals surface area (Å²) in [6, 6.07) is 11.1. The van der Waals surface area contributed by atoms with E-state index in [-0.39, 0.29) is 30.9 Å². The standard InChI is InChI=1S/C19H25N3O3S/c1-4-22(12-18(23)20-14(2)17-6-5-11-26-17)13-19(24)21-15-7-9-16(25-3)10-8-15/h5-11,14H,4,12-13H2,1-3H3,(H,20,23)(H,21,24)/t14-/m0/s1. The second kappa shape index (κ2) is 9.94. The molecule has 0 saturated carbocycles. The van der Waals surface area contributed by atoms with Crippen molar-refractivity contribution < 1.29 is 14.3 Å². The lowest BCUT2D eigenvalue weighted by atomic mass is 10.2. The molecule has 2 rings (SSSR count). The van der Waals surface area contributed by atoms with Crippen LogP contribution in [0.2, 0.25) is 0 Å². The molecule has 0 unspecified atom stereocenters. The third-order valence-corrected chi connectivity index (χ3v) is 4.96. The van der Waals surface area contributed by atoms with Crippen molar-refractivity contribution in [2.24, 2.45) is 0 Å². The van der Waals surface area contributed by atoms with E-state index in [2.05, 4.69) is 10.6 Å². The van der Waals surface area contributed by atoms with Crippen LogP contribution in [0, 0.1) is 0 Å². The molecule has 0 spiro atoms. The van der Waals surface area contributed by atoms with Crippen molar-refractivity contribution in [1.29, 1.82) is 0 Å². The maximum atomic E-state index is 12.2. The Balaban J connectivity index is 1.81. The Labute approximate surface area is 158 Å². The summed E-state index contributed by atoms with van der Waals surface area (Å²) in [6.45, 7) is 4.83. The molecule has 0 fully saturated rings. The molecule has 1 atom stereocenters. The predicted molar refractivity (Wildman–Crippen MR) is 105 cm³/mol. The van der Waals surface area contributed by atoms with E-state index in [1.807, 2.05) is 31.4 Å². The summed E-state index contributed by atoms with van der Waals surface area (Å²) in [5.41, 5.74) is 0.697. The molecular formula is C19H25N3O3S. The number of rotatable bonds is 9. The van der Waals surface area contributed by atoms with E-state index in [4.69, 9.17) is 4.74 Å². The van der Waals surface area contributed by atoms with Gasteiger partial charge < -0.3 is 15.4 Å². The molecule has 0 bridgehead atoms. The lowest BCUT2D eigenvalue weighted by Crippen LogP contribution is -2.41. The van der Waals surface area contributed by atoms with Gasteiger partial charge in [-0.25, -0.2) is 0 Å². The van der Waals surface area contributed by atoms with Gasteiger partial charge in [-0.3, -0.25) is 14.5 Å². The quantitative estimate of drug-likeness (QED) is 0.707. The molecule has 26 heavy (non-hydrogen) atoms. The van der Waals surface area contributed by atoms with Crippen molar-refractivity contribution in [2.45, 2.75) is 19.9 Å². The lowest BCUT2D eigenvalue weighted by Gasteiger charge is -2.21. The number of benzene rings is 1. The van der Waals surface area contributed by atoms with Gasteiger partial charge in [0.1, 0.15) is 5.75 Å².